The molecule has 0 aliphatic carbocycles. The van der Waals surface area contributed by atoms with Crippen molar-refractivity contribution in [2.24, 2.45) is 0 Å². The van der Waals surface area contributed by atoms with Crippen LogP contribution in [0.3, 0.4) is 0 Å². The van der Waals surface area contributed by atoms with Crippen LogP contribution < -0.4 is 10.3 Å². The van der Waals surface area contributed by atoms with Crippen LogP contribution in [0.1, 0.15) is 18.2 Å². The van der Waals surface area contributed by atoms with E-state index < -0.39 is 0 Å². The molecule has 3 nitrogen and oxygen atoms in total. The summed E-state index contributed by atoms with van der Waals surface area (Å²) < 4.78 is 5.23. The van der Waals surface area contributed by atoms with Gasteiger partial charge in [0, 0.05) is 16.8 Å². The van der Waals surface area contributed by atoms with Gasteiger partial charge in [0.25, 0.3) is 5.56 Å². The first-order chi connectivity index (χ1) is 8.65. The molecule has 0 amide bonds. The first kappa shape index (κ1) is 12.4. The van der Waals surface area contributed by atoms with E-state index in [1.807, 2.05) is 44.2 Å². The van der Waals surface area contributed by atoms with Gasteiger partial charge in [-0.2, -0.15) is 0 Å². The van der Waals surface area contributed by atoms with Crippen LogP contribution in [-0.2, 0) is 6.42 Å². The Balaban J connectivity index is 2.62. The van der Waals surface area contributed by atoms with E-state index in [0.717, 1.165) is 34.6 Å². The fourth-order valence-corrected chi connectivity index (χ4v) is 2.00. The molecule has 0 spiro atoms. The van der Waals surface area contributed by atoms with Gasteiger partial charge in [-0.25, -0.2) is 0 Å². The lowest BCUT2D eigenvalue weighted by atomic mass is 10.0. The predicted octanol–water partition coefficient (Wildman–Crippen LogP) is 2.92. The van der Waals surface area contributed by atoms with Gasteiger partial charge in [-0.1, -0.05) is 19.1 Å². The first-order valence-corrected chi connectivity index (χ1v) is 6.03. The summed E-state index contributed by atoms with van der Waals surface area (Å²) in [6.07, 6.45) is 0.794. The van der Waals surface area contributed by atoms with E-state index in [9.17, 15) is 4.79 Å². The lowest BCUT2D eigenvalue weighted by molar-refractivity contribution is 0.415. The maximum Gasteiger partial charge on any atom is 0.251 e. The summed E-state index contributed by atoms with van der Waals surface area (Å²) in [6, 6.07) is 9.80. The number of ether oxygens (including phenoxy) is 1. The maximum absolute atomic E-state index is 11.6. The molecule has 0 unspecified atom stereocenters. The molecule has 1 heterocycles. The molecule has 0 saturated carbocycles. The van der Waals surface area contributed by atoms with Crippen molar-refractivity contribution in [1.29, 1.82) is 0 Å². The van der Waals surface area contributed by atoms with Crippen molar-refractivity contribution >= 4 is 0 Å². The lowest BCUT2D eigenvalue weighted by Gasteiger charge is -2.10. The minimum Gasteiger partial charge on any atom is -0.497 e. The summed E-state index contributed by atoms with van der Waals surface area (Å²) in [7, 11) is 1.65. The zero-order valence-electron chi connectivity index (χ0n) is 10.9. The van der Waals surface area contributed by atoms with E-state index in [1.54, 1.807) is 7.11 Å². The summed E-state index contributed by atoms with van der Waals surface area (Å²) in [6.45, 7) is 3.85. The molecule has 1 aromatic heterocycles. The number of H-pyrrole nitrogens is 1. The second-order valence-electron chi connectivity index (χ2n) is 4.26. The Morgan fingerprint density at radius 1 is 1.28 bits per heavy atom. The molecule has 0 bridgehead atoms. The van der Waals surface area contributed by atoms with Crippen LogP contribution in [-0.4, -0.2) is 12.1 Å². The van der Waals surface area contributed by atoms with Crippen molar-refractivity contribution in [2.75, 3.05) is 7.11 Å². The summed E-state index contributed by atoms with van der Waals surface area (Å²) in [5, 5.41) is 0. The first-order valence-electron chi connectivity index (χ1n) is 6.03. The number of pyridine rings is 1. The largest absolute Gasteiger partial charge is 0.497 e. The molecule has 2 aromatic rings. The summed E-state index contributed by atoms with van der Waals surface area (Å²) >= 11 is 0. The minimum absolute atomic E-state index is 0.0153. The number of benzene rings is 1. The SMILES string of the molecule is CCc1[nH]c(=O)c(C)cc1-c1cccc(OC)c1. The highest BCUT2D eigenvalue weighted by Gasteiger charge is 2.08. The van der Waals surface area contributed by atoms with Gasteiger partial charge in [-0.05, 0) is 37.1 Å². The van der Waals surface area contributed by atoms with Crippen molar-refractivity contribution in [3.05, 3.63) is 51.9 Å². The van der Waals surface area contributed by atoms with Crippen LogP contribution in [0.25, 0.3) is 11.1 Å². The molecular formula is C15H17NO2. The molecule has 18 heavy (non-hydrogen) atoms. The quantitative estimate of drug-likeness (QED) is 0.900. The third-order valence-electron chi connectivity index (χ3n) is 3.04. The number of hydrogen-bond donors (Lipinski definition) is 1. The summed E-state index contributed by atoms with van der Waals surface area (Å²) in [5.74, 6) is 0.818. The van der Waals surface area contributed by atoms with Crippen molar-refractivity contribution in [1.82, 2.24) is 4.98 Å². The zero-order chi connectivity index (χ0) is 13.1. The van der Waals surface area contributed by atoms with E-state index >= 15 is 0 Å². The number of aromatic nitrogens is 1. The molecule has 0 atom stereocenters. The van der Waals surface area contributed by atoms with E-state index in [2.05, 4.69) is 4.98 Å². The maximum atomic E-state index is 11.6. The van der Waals surface area contributed by atoms with Crippen molar-refractivity contribution < 1.29 is 4.74 Å². The van der Waals surface area contributed by atoms with Crippen LogP contribution in [0, 0.1) is 6.92 Å². The Labute approximate surface area is 106 Å². The standard InChI is InChI=1S/C15H17NO2/c1-4-14-13(8-10(2)15(17)16-14)11-6-5-7-12(9-11)18-3/h5-9H,4H2,1-3H3,(H,16,17). The van der Waals surface area contributed by atoms with Gasteiger partial charge in [-0.3, -0.25) is 4.79 Å². The Morgan fingerprint density at radius 3 is 2.72 bits per heavy atom. The number of rotatable bonds is 3. The highest BCUT2D eigenvalue weighted by molar-refractivity contribution is 5.68. The van der Waals surface area contributed by atoms with Gasteiger partial charge in [0.15, 0.2) is 0 Å². The smallest absolute Gasteiger partial charge is 0.251 e. The Morgan fingerprint density at radius 2 is 2.06 bits per heavy atom. The minimum atomic E-state index is -0.0153. The average Bonchev–Trinajstić information content (AvgIpc) is 2.41. The van der Waals surface area contributed by atoms with E-state index in [1.165, 1.54) is 0 Å². The van der Waals surface area contributed by atoms with E-state index in [4.69, 9.17) is 4.74 Å². The molecule has 2 rings (SSSR count). The second-order valence-corrected chi connectivity index (χ2v) is 4.26. The zero-order valence-corrected chi connectivity index (χ0v) is 10.9. The number of aromatic amines is 1. The van der Waals surface area contributed by atoms with Crippen molar-refractivity contribution in [3.8, 4) is 16.9 Å². The number of aryl methyl sites for hydroxylation is 2. The number of methoxy groups -OCH3 is 1. The third kappa shape index (κ3) is 2.30. The molecule has 94 valence electrons. The van der Waals surface area contributed by atoms with Gasteiger partial charge >= 0.3 is 0 Å². The molecule has 0 aliphatic heterocycles. The number of nitrogens with one attached hydrogen (secondary N) is 1. The van der Waals surface area contributed by atoms with Crippen LogP contribution in [0.2, 0.25) is 0 Å². The molecule has 0 fully saturated rings. The van der Waals surface area contributed by atoms with E-state index in [-0.39, 0.29) is 5.56 Å². The summed E-state index contributed by atoms with van der Waals surface area (Å²) in [4.78, 5) is 14.6. The summed E-state index contributed by atoms with van der Waals surface area (Å²) in [5.41, 5.74) is 3.79. The normalized spacial score (nSPS) is 10.4. The van der Waals surface area contributed by atoms with E-state index in [0.29, 0.717) is 0 Å². The van der Waals surface area contributed by atoms with Crippen molar-refractivity contribution in [2.45, 2.75) is 20.3 Å². The average molecular weight is 243 g/mol. The molecular weight excluding hydrogens is 226 g/mol. The highest BCUT2D eigenvalue weighted by Crippen LogP contribution is 2.26. The molecule has 0 aliphatic rings. The van der Waals surface area contributed by atoms with Gasteiger partial charge in [0.05, 0.1) is 7.11 Å². The lowest BCUT2D eigenvalue weighted by Crippen LogP contribution is -2.12. The Hall–Kier alpha value is -2.03. The fraction of sp³-hybridized carbons (Fsp3) is 0.267. The third-order valence-corrected chi connectivity index (χ3v) is 3.04. The van der Waals surface area contributed by atoms with Gasteiger partial charge < -0.3 is 9.72 Å². The Bertz CT molecular complexity index is 614. The highest BCUT2D eigenvalue weighted by atomic mass is 16.5. The predicted molar refractivity (Wildman–Crippen MR) is 73.2 cm³/mol. The van der Waals surface area contributed by atoms with Crippen LogP contribution in [0.15, 0.2) is 35.1 Å². The van der Waals surface area contributed by atoms with Gasteiger partial charge in [-0.15, -0.1) is 0 Å². The van der Waals surface area contributed by atoms with Crippen LogP contribution in [0.5, 0.6) is 5.75 Å². The Kier molecular flexibility index (Phi) is 3.51. The topological polar surface area (TPSA) is 42.1 Å². The molecule has 0 radical (unpaired) electrons. The van der Waals surface area contributed by atoms with Crippen molar-refractivity contribution in [3.63, 3.8) is 0 Å². The van der Waals surface area contributed by atoms with Crippen LogP contribution >= 0.6 is 0 Å². The van der Waals surface area contributed by atoms with Gasteiger partial charge in [0.2, 0.25) is 0 Å². The monoisotopic (exact) mass is 243 g/mol. The molecule has 1 N–H and O–H groups in total. The molecule has 0 saturated heterocycles. The van der Waals surface area contributed by atoms with Gasteiger partial charge in [0.1, 0.15) is 5.75 Å². The second kappa shape index (κ2) is 5.08. The fourth-order valence-electron chi connectivity index (χ4n) is 2.00. The van der Waals surface area contributed by atoms with Crippen LogP contribution in [0.4, 0.5) is 0 Å². The molecule has 3 heteroatoms. The number of hydrogen-bond acceptors (Lipinski definition) is 2. The molecule has 1 aromatic carbocycles.